The van der Waals surface area contributed by atoms with Crippen LogP contribution < -0.4 is 9.64 Å². The Morgan fingerprint density at radius 3 is 2.74 bits per heavy atom. The molecule has 0 radical (unpaired) electrons. The highest BCUT2D eigenvalue weighted by Crippen LogP contribution is 2.42. The lowest BCUT2D eigenvalue weighted by Gasteiger charge is -2.32. The minimum atomic E-state index is -0.720. The van der Waals surface area contributed by atoms with Crippen molar-refractivity contribution in [3.05, 3.63) is 47.7 Å². The van der Waals surface area contributed by atoms with Crippen molar-refractivity contribution in [3.8, 4) is 35.4 Å². The van der Waals surface area contributed by atoms with Gasteiger partial charge < -0.3 is 19.5 Å². The normalized spacial score (nSPS) is 22.7. The molecular formula is C32H29F2N5O3. The summed E-state index contributed by atoms with van der Waals surface area (Å²) < 4.78 is 43.5. The number of aromatic nitrogens is 3. The SMILES string of the molecule is C#Cc1c(F)ccc2cc(O)cc(-c3ncc4c(N5C[C@H]6C[C@@H]5CO6)nc(OCC56CCCN5CCC6)nc4c3F)c12. The highest BCUT2D eigenvalue weighted by Gasteiger charge is 2.45. The van der Waals surface area contributed by atoms with Gasteiger partial charge in [-0.1, -0.05) is 12.0 Å². The lowest BCUT2D eigenvalue weighted by atomic mass is 9.95. The number of morpholine rings is 1. The molecule has 0 spiro atoms. The highest BCUT2D eigenvalue weighted by molar-refractivity contribution is 6.03. The second kappa shape index (κ2) is 9.48. The van der Waals surface area contributed by atoms with Gasteiger partial charge in [0.15, 0.2) is 5.82 Å². The number of terminal acetylenes is 1. The van der Waals surface area contributed by atoms with Gasteiger partial charge in [0, 0.05) is 23.7 Å². The fourth-order valence-corrected chi connectivity index (χ4v) is 7.56. The van der Waals surface area contributed by atoms with E-state index >= 15 is 4.39 Å². The van der Waals surface area contributed by atoms with Crippen molar-refractivity contribution in [3.63, 3.8) is 0 Å². The van der Waals surface area contributed by atoms with Gasteiger partial charge in [0.2, 0.25) is 0 Å². The Kier molecular flexibility index (Phi) is 5.78. The Bertz CT molecular complexity index is 1800. The number of pyridine rings is 1. The number of halogens is 2. The molecule has 2 atom stereocenters. The fourth-order valence-electron chi connectivity index (χ4n) is 7.56. The summed E-state index contributed by atoms with van der Waals surface area (Å²) in [6, 6.07) is 5.78. The van der Waals surface area contributed by atoms with E-state index in [9.17, 15) is 9.50 Å². The van der Waals surface area contributed by atoms with Crippen LogP contribution >= 0.6 is 0 Å². The summed E-state index contributed by atoms with van der Waals surface area (Å²) in [7, 11) is 0. The molecule has 4 aromatic rings. The molecule has 4 aliphatic heterocycles. The minimum absolute atomic E-state index is 0.0266. The predicted octanol–water partition coefficient (Wildman–Crippen LogP) is 4.79. The summed E-state index contributed by atoms with van der Waals surface area (Å²) in [4.78, 5) is 18.5. The minimum Gasteiger partial charge on any atom is -0.508 e. The zero-order chi connectivity index (χ0) is 28.6. The molecule has 0 aliphatic carbocycles. The molecule has 4 aliphatic rings. The predicted molar refractivity (Wildman–Crippen MR) is 154 cm³/mol. The number of hydrogen-bond donors (Lipinski definition) is 1. The van der Waals surface area contributed by atoms with Crippen LogP contribution in [0.5, 0.6) is 11.8 Å². The van der Waals surface area contributed by atoms with Gasteiger partial charge in [0.25, 0.3) is 0 Å². The molecule has 42 heavy (non-hydrogen) atoms. The number of benzene rings is 2. The first-order valence-corrected chi connectivity index (χ1v) is 14.5. The summed E-state index contributed by atoms with van der Waals surface area (Å²) in [5.74, 6) is 1.49. The fraction of sp³-hybridized carbons (Fsp3) is 0.406. The van der Waals surface area contributed by atoms with E-state index in [0.29, 0.717) is 41.7 Å². The molecule has 0 saturated carbocycles. The average Bonchev–Trinajstić information content (AvgIpc) is 3.78. The molecule has 2 aromatic carbocycles. The number of anilines is 1. The zero-order valence-corrected chi connectivity index (χ0v) is 22.9. The summed E-state index contributed by atoms with van der Waals surface area (Å²) in [5.41, 5.74) is 0.0764. The van der Waals surface area contributed by atoms with Crippen LogP contribution in [-0.2, 0) is 4.74 Å². The van der Waals surface area contributed by atoms with Gasteiger partial charge in [-0.25, -0.2) is 8.78 Å². The molecule has 214 valence electrons. The third-order valence-electron chi connectivity index (χ3n) is 9.55. The maximum atomic E-state index is 16.7. The molecule has 8 nitrogen and oxygen atoms in total. The van der Waals surface area contributed by atoms with Crippen LogP contribution in [-0.4, -0.2) is 75.5 Å². The van der Waals surface area contributed by atoms with E-state index in [4.69, 9.17) is 20.9 Å². The average molecular weight is 570 g/mol. The molecule has 8 rings (SSSR count). The molecule has 1 N–H and O–H groups in total. The van der Waals surface area contributed by atoms with E-state index in [2.05, 4.69) is 25.7 Å². The standard InChI is InChI=1S/C32H29F2N5O3/c1-2-22-25(33)6-5-18-11-20(40)13-23(26(18)22)28-27(34)29-24(14-35-28)30(39-15-21-12-19(39)16-41-21)37-31(36-29)42-17-32-7-3-9-38(32)10-4-8-32/h1,5-6,11,13-14,19,21,40H,3-4,7-10,12,15-17H2/t19-,21-/m1/s1. The van der Waals surface area contributed by atoms with E-state index in [1.54, 1.807) is 6.20 Å². The van der Waals surface area contributed by atoms with Gasteiger partial charge in [0.05, 0.1) is 35.2 Å². The van der Waals surface area contributed by atoms with Crippen molar-refractivity contribution in [2.45, 2.75) is 49.8 Å². The van der Waals surface area contributed by atoms with E-state index in [-0.39, 0.29) is 51.8 Å². The van der Waals surface area contributed by atoms with Crippen molar-refractivity contribution in [1.29, 1.82) is 0 Å². The quantitative estimate of drug-likeness (QED) is 0.344. The van der Waals surface area contributed by atoms with E-state index < -0.39 is 11.6 Å². The first kappa shape index (κ1) is 25.6. The second-order valence-corrected chi connectivity index (χ2v) is 11.9. The lowest BCUT2D eigenvalue weighted by molar-refractivity contribution is 0.0984. The molecule has 4 saturated heterocycles. The number of ether oxygens (including phenoxy) is 2. The zero-order valence-electron chi connectivity index (χ0n) is 22.9. The molecule has 0 amide bonds. The Morgan fingerprint density at radius 1 is 1.17 bits per heavy atom. The van der Waals surface area contributed by atoms with Crippen LogP contribution in [0.2, 0.25) is 0 Å². The van der Waals surface area contributed by atoms with Crippen LogP contribution in [0.4, 0.5) is 14.6 Å². The van der Waals surface area contributed by atoms with Crippen LogP contribution in [0.15, 0.2) is 30.5 Å². The highest BCUT2D eigenvalue weighted by atomic mass is 19.1. The Hall–Kier alpha value is -4.07. The third-order valence-corrected chi connectivity index (χ3v) is 9.55. The van der Waals surface area contributed by atoms with Gasteiger partial charge >= 0.3 is 6.01 Å². The van der Waals surface area contributed by atoms with Crippen LogP contribution in [0.1, 0.15) is 37.7 Å². The second-order valence-electron chi connectivity index (χ2n) is 11.9. The molecule has 2 bridgehead atoms. The first-order valence-electron chi connectivity index (χ1n) is 14.5. The van der Waals surface area contributed by atoms with Crippen molar-refractivity contribution in [2.75, 3.05) is 37.7 Å². The topological polar surface area (TPSA) is 83.8 Å². The van der Waals surface area contributed by atoms with Crippen LogP contribution in [0.25, 0.3) is 32.9 Å². The van der Waals surface area contributed by atoms with Crippen LogP contribution in [0, 0.1) is 24.0 Å². The van der Waals surface area contributed by atoms with Crippen molar-refractivity contribution >= 4 is 27.5 Å². The van der Waals surface area contributed by atoms with Gasteiger partial charge in [0.1, 0.15) is 35.2 Å². The van der Waals surface area contributed by atoms with Gasteiger partial charge in [-0.15, -0.1) is 6.42 Å². The summed E-state index contributed by atoms with van der Waals surface area (Å²) in [6.45, 7) is 3.78. The first-order chi connectivity index (χ1) is 20.4. The number of phenols is 1. The van der Waals surface area contributed by atoms with E-state index in [0.717, 1.165) is 45.2 Å². The van der Waals surface area contributed by atoms with E-state index in [1.165, 1.54) is 24.3 Å². The summed E-state index contributed by atoms with van der Waals surface area (Å²) >= 11 is 0. The van der Waals surface area contributed by atoms with Gasteiger partial charge in [-0.2, -0.15) is 9.97 Å². The van der Waals surface area contributed by atoms with Gasteiger partial charge in [-0.05, 0) is 68.8 Å². The Labute approximate surface area is 241 Å². The molecule has 0 unspecified atom stereocenters. The third kappa shape index (κ3) is 3.83. The Morgan fingerprint density at radius 2 is 2.00 bits per heavy atom. The Balaban J connectivity index is 1.29. The number of phenolic OH excluding ortho intramolecular Hbond substituents is 1. The van der Waals surface area contributed by atoms with Gasteiger partial charge in [-0.3, -0.25) is 9.88 Å². The molecular weight excluding hydrogens is 540 g/mol. The monoisotopic (exact) mass is 569 g/mol. The number of aromatic hydroxyl groups is 1. The van der Waals surface area contributed by atoms with Crippen molar-refractivity contribution in [1.82, 2.24) is 19.9 Å². The number of nitrogens with zero attached hydrogens (tertiary/aromatic N) is 5. The molecule has 4 fully saturated rings. The molecule has 10 heteroatoms. The van der Waals surface area contributed by atoms with E-state index in [1.807, 2.05) is 0 Å². The number of rotatable bonds is 5. The summed E-state index contributed by atoms with van der Waals surface area (Å²) in [6.07, 6.45) is 12.6. The number of hydrogen-bond acceptors (Lipinski definition) is 8. The number of fused-ring (bicyclic) bond motifs is 5. The molecule has 6 heterocycles. The van der Waals surface area contributed by atoms with Crippen molar-refractivity contribution in [2.24, 2.45) is 0 Å². The maximum absolute atomic E-state index is 16.7. The largest absolute Gasteiger partial charge is 0.508 e. The molecule has 2 aromatic heterocycles. The van der Waals surface area contributed by atoms with Crippen molar-refractivity contribution < 1.29 is 23.4 Å². The van der Waals surface area contributed by atoms with Crippen LogP contribution in [0.3, 0.4) is 0 Å². The smallest absolute Gasteiger partial charge is 0.319 e. The summed E-state index contributed by atoms with van der Waals surface area (Å²) in [5, 5.41) is 11.7. The lowest BCUT2D eigenvalue weighted by Crippen LogP contribution is -2.43. The maximum Gasteiger partial charge on any atom is 0.319 e.